The van der Waals surface area contributed by atoms with Gasteiger partial charge in [0.25, 0.3) is 0 Å². The first-order valence-electron chi connectivity index (χ1n) is 4.28. The van der Waals surface area contributed by atoms with Gasteiger partial charge in [-0.25, -0.2) is 0 Å². The molecule has 1 aliphatic heterocycles. The lowest BCUT2D eigenvalue weighted by molar-refractivity contribution is 0.0427. The molecule has 3 nitrogen and oxygen atoms in total. The van der Waals surface area contributed by atoms with Crippen LogP contribution < -0.4 is 0 Å². The van der Waals surface area contributed by atoms with Crippen LogP contribution in [0.5, 0.6) is 0 Å². The van der Waals surface area contributed by atoms with Gasteiger partial charge in [-0.3, -0.25) is 0 Å². The highest BCUT2D eigenvalue weighted by atomic mass is 32.2. The number of aliphatic hydroxyl groups is 1. The van der Waals surface area contributed by atoms with Crippen LogP contribution in [0, 0.1) is 0 Å². The molecule has 0 aliphatic carbocycles. The fourth-order valence-electron chi connectivity index (χ4n) is 0.859. The van der Waals surface area contributed by atoms with Crippen LogP contribution >= 0.6 is 11.8 Å². The van der Waals surface area contributed by atoms with Crippen molar-refractivity contribution in [3.63, 3.8) is 0 Å². The van der Waals surface area contributed by atoms with Crippen molar-refractivity contribution in [2.24, 2.45) is 0 Å². The molecule has 0 saturated carbocycles. The summed E-state index contributed by atoms with van der Waals surface area (Å²) in [5.74, 6) is 0.758. The Bertz CT molecular complexity index is 117. The highest BCUT2D eigenvalue weighted by molar-refractivity contribution is 8.00. The molecule has 0 spiro atoms. The number of aliphatic hydroxyl groups excluding tert-OH is 1. The molecule has 0 bridgehead atoms. The third-order valence-electron chi connectivity index (χ3n) is 1.65. The van der Waals surface area contributed by atoms with E-state index >= 15 is 0 Å². The van der Waals surface area contributed by atoms with Crippen LogP contribution in [0.3, 0.4) is 0 Å². The molecule has 0 aromatic carbocycles. The molecular formula is C8H16O3S. The zero-order valence-corrected chi connectivity index (χ0v) is 8.18. The first-order valence-corrected chi connectivity index (χ1v) is 5.33. The van der Waals surface area contributed by atoms with Gasteiger partial charge in [-0.1, -0.05) is 0 Å². The van der Waals surface area contributed by atoms with Crippen molar-refractivity contribution in [3.05, 3.63) is 0 Å². The van der Waals surface area contributed by atoms with Gasteiger partial charge in [-0.15, -0.1) is 0 Å². The standard InChI is InChI=1S/C8H16O3S/c1-2-10-3-7(9)6-12-8-4-11-5-8/h7-9H,2-6H2,1H3. The Labute approximate surface area is 77.4 Å². The van der Waals surface area contributed by atoms with Crippen LogP contribution in [0.2, 0.25) is 0 Å². The Hall–Kier alpha value is 0.230. The summed E-state index contributed by atoms with van der Waals surface area (Å²) in [6.45, 7) is 4.74. The zero-order valence-electron chi connectivity index (χ0n) is 7.36. The van der Waals surface area contributed by atoms with Gasteiger partial charge in [0.2, 0.25) is 0 Å². The summed E-state index contributed by atoms with van der Waals surface area (Å²) in [6.07, 6.45) is -0.324. The number of hydrogen-bond acceptors (Lipinski definition) is 4. The van der Waals surface area contributed by atoms with Crippen molar-refractivity contribution in [3.8, 4) is 0 Å². The average molecular weight is 192 g/mol. The molecular weight excluding hydrogens is 176 g/mol. The highest BCUT2D eigenvalue weighted by Gasteiger charge is 2.19. The molecule has 1 saturated heterocycles. The maximum atomic E-state index is 9.36. The van der Waals surface area contributed by atoms with E-state index in [1.165, 1.54) is 0 Å². The van der Waals surface area contributed by atoms with E-state index in [2.05, 4.69) is 0 Å². The molecule has 1 heterocycles. The van der Waals surface area contributed by atoms with Gasteiger partial charge >= 0.3 is 0 Å². The smallest absolute Gasteiger partial charge is 0.0863 e. The van der Waals surface area contributed by atoms with Crippen molar-refractivity contribution in [1.82, 2.24) is 0 Å². The second kappa shape index (κ2) is 5.80. The van der Waals surface area contributed by atoms with E-state index in [0.29, 0.717) is 18.5 Å². The second-order valence-electron chi connectivity index (χ2n) is 2.81. The van der Waals surface area contributed by atoms with Gasteiger partial charge in [0.1, 0.15) is 0 Å². The summed E-state index contributed by atoms with van der Waals surface area (Å²) < 4.78 is 10.1. The second-order valence-corrected chi connectivity index (χ2v) is 4.14. The van der Waals surface area contributed by atoms with Crippen molar-refractivity contribution in [1.29, 1.82) is 0 Å². The SMILES string of the molecule is CCOCC(O)CSC1COC1. The van der Waals surface area contributed by atoms with E-state index in [-0.39, 0.29) is 6.10 Å². The average Bonchev–Trinajstić information content (AvgIpc) is 1.98. The van der Waals surface area contributed by atoms with Gasteiger partial charge in [0.05, 0.1) is 31.2 Å². The van der Waals surface area contributed by atoms with Gasteiger partial charge in [-0.05, 0) is 6.92 Å². The number of thioether (sulfide) groups is 1. The minimum Gasteiger partial charge on any atom is -0.390 e. The predicted molar refractivity (Wildman–Crippen MR) is 49.6 cm³/mol. The minimum atomic E-state index is -0.324. The van der Waals surface area contributed by atoms with Gasteiger partial charge in [0, 0.05) is 12.4 Å². The van der Waals surface area contributed by atoms with Crippen molar-refractivity contribution < 1.29 is 14.6 Å². The molecule has 1 aliphatic rings. The first-order chi connectivity index (χ1) is 5.83. The minimum absolute atomic E-state index is 0.324. The molecule has 4 heteroatoms. The number of hydrogen-bond donors (Lipinski definition) is 1. The lowest BCUT2D eigenvalue weighted by Gasteiger charge is -2.26. The highest BCUT2D eigenvalue weighted by Crippen LogP contribution is 2.19. The maximum Gasteiger partial charge on any atom is 0.0863 e. The lowest BCUT2D eigenvalue weighted by Crippen LogP contribution is -2.32. The molecule has 0 aromatic heterocycles. The molecule has 72 valence electrons. The van der Waals surface area contributed by atoms with Crippen LogP contribution in [-0.2, 0) is 9.47 Å². The van der Waals surface area contributed by atoms with Crippen LogP contribution in [-0.4, -0.2) is 48.6 Å². The van der Waals surface area contributed by atoms with E-state index < -0.39 is 0 Å². The molecule has 0 amide bonds. The number of ether oxygens (including phenoxy) is 2. The Kier molecular flexibility index (Phi) is 4.99. The summed E-state index contributed by atoms with van der Waals surface area (Å²) in [5.41, 5.74) is 0. The molecule has 1 rings (SSSR count). The maximum absolute atomic E-state index is 9.36. The zero-order chi connectivity index (χ0) is 8.81. The third-order valence-corrected chi connectivity index (χ3v) is 2.97. The van der Waals surface area contributed by atoms with Gasteiger partial charge in [0.15, 0.2) is 0 Å². The quantitative estimate of drug-likeness (QED) is 0.666. The largest absolute Gasteiger partial charge is 0.390 e. The Morgan fingerprint density at radius 1 is 1.67 bits per heavy atom. The fourth-order valence-corrected chi connectivity index (χ4v) is 1.83. The van der Waals surface area contributed by atoms with Gasteiger partial charge < -0.3 is 14.6 Å². The van der Waals surface area contributed by atoms with Crippen LogP contribution in [0.1, 0.15) is 6.92 Å². The van der Waals surface area contributed by atoms with E-state index in [1.807, 2.05) is 6.92 Å². The summed E-state index contributed by atoms with van der Waals surface area (Å²) in [4.78, 5) is 0. The van der Waals surface area contributed by atoms with E-state index in [1.54, 1.807) is 11.8 Å². The Morgan fingerprint density at radius 2 is 2.42 bits per heavy atom. The van der Waals surface area contributed by atoms with E-state index in [4.69, 9.17) is 9.47 Å². The first kappa shape index (κ1) is 10.3. The molecule has 1 fully saturated rings. The fraction of sp³-hybridized carbons (Fsp3) is 1.00. The summed E-state index contributed by atoms with van der Waals surface area (Å²) in [7, 11) is 0. The van der Waals surface area contributed by atoms with Gasteiger partial charge in [-0.2, -0.15) is 11.8 Å². The van der Waals surface area contributed by atoms with Crippen LogP contribution in [0.15, 0.2) is 0 Å². The molecule has 1 atom stereocenters. The monoisotopic (exact) mass is 192 g/mol. The lowest BCUT2D eigenvalue weighted by atomic mass is 10.4. The predicted octanol–water partition coefficient (Wildman–Crippen LogP) is 0.516. The molecule has 1 unspecified atom stereocenters. The normalized spacial score (nSPS) is 20.5. The summed E-state index contributed by atoms with van der Waals surface area (Å²) in [5, 5.41) is 9.96. The van der Waals surface area contributed by atoms with Crippen molar-refractivity contribution in [2.75, 3.05) is 32.2 Å². The van der Waals surface area contributed by atoms with Crippen molar-refractivity contribution in [2.45, 2.75) is 18.3 Å². The molecule has 0 radical (unpaired) electrons. The Balaban J connectivity index is 1.90. The van der Waals surface area contributed by atoms with E-state index in [9.17, 15) is 5.11 Å². The van der Waals surface area contributed by atoms with E-state index in [0.717, 1.165) is 19.0 Å². The third kappa shape index (κ3) is 3.76. The molecule has 12 heavy (non-hydrogen) atoms. The summed E-state index contributed by atoms with van der Waals surface area (Å²) >= 11 is 1.77. The molecule has 1 N–H and O–H groups in total. The van der Waals surface area contributed by atoms with Crippen LogP contribution in [0.4, 0.5) is 0 Å². The Morgan fingerprint density at radius 3 is 2.92 bits per heavy atom. The molecule has 0 aromatic rings. The van der Waals surface area contributed by atoms with Crippen molar-refractivity contribution >= 4 is 11.8 Å². The topological polar surface area (TPSA) is 38.7 Å². The van der Waals surface area contributed by atoms with Crippen LogP contribution in [0.25, 0.3) is 0 Å². The number of rotatable bonds is 6. The summed E-state index contributed by atoms with van der Waals surface area (Å²) in [6, 6.07) is 0.